The largest absolute Gasteiger partial charge is 0.444 e. The molecule has 140 valence electrons. The van der Waals surface area contributed by atoms with Gasteiger partial charge in [0.05, 0.1) is 18.0 Å². The van der Waals surface area contributed by atoms with Crippen LogP contribution in [-0.4, -0.2) is 46.3 Å². The van der Waals surface area contributed by atoms with Gasteiger partial charge in [-0.2, -0.15) is 0 Å². The number of carbonyl (C=O) groups excluding carboxylic acids is 1. The Labute approximate surface area is 150 Å². The molecule has 0 saturated carbocycles. The highest BCUT2D eigenvalue weighted by Gasteiger charge is 2.27. The van der Waals surface area contributed by atoms with Gasteiger partial charge in [-0.15, -0.1) is 0 Å². The summed E-state index contributed by atoms with van der Waals surface area (Å²) in [6.45, 7) is 9.99. The molecule has 6 heteroatoms. The summed E-state index contributed by atoms with van der Waals surface area (Å²) in [5.74, 6) is 0.525. The van der Waals surface area contributed by atoms with Crippen LogP contribution in [0.3, 0.4) is 0 Å². The van der Waals surface area contributed by atoms with Gasteiger partial charge < -0.3 is 14.4 Å². The van der Waals surface area contributed by atoms with Gasteiger partial charge in [0.2, 0.25) is 0 Å². The lowest BCUT2D eigenvalue weighted by Gasteiger charge is -2.34. The van der Waals surface area contributed by atoms with Gasteiger partial charge in [0, 0.05) is 32.1 Å². The highest BCUT2D eigenvalue weighted by atomic mass is 16.6. The van der Waals surface area contributed by atoms with Crippen LogP contribution >= 0.6 is 0 Å². The molecule has 0 radical (unpaired) electrons. The lowest BCUT2D eigenvalue weighted by Crippen LogP contribution is -2.42. The van der Waals surface area contributed by atoms with Crippen molar-refractivity contribution in [2.45, 2.75) is 65.1 Å². The summed E-state index contributed by atoms with van der Waals surface area (Å²) in [6.07, 6.45) is 9.11. The second-order valence-electron chi connectivity index (χ2n) is 7.72. The lowest BCUT2D eigenvalue weighted by molar-refractivity contribution is 0.0148. The second kappa shape index (κ2) is 9.13. The van der Waals surface area contributed by atoms with Crippen LogP contribution in [0.2, 0.25) is 0 Å². The van der Waals surface area contributed by atoms with Crippen LogP contribution in [0.1, 0.15) is 65.2 Å². The minimum absolute atomic E-state index is 0.0432. The van der Waals surface area contributed by atoms with Crippen LogP contribution in [0.25, 0.3) is 0 Å². The fourth-order valence-corrected chi connectivity index (χ4v) is 3.03. The average molecular weight is 349 g/mol. The van der Waals surface area contributed by atoms with Crippen molar-refractivity contribution in [1.82, 2.24) is 14.9 Å². The third-order valence-electron chi connectivity index (χ3n) is 4.29. The third kappa shape index (κ3) is 6.98. The Bertz CT molecular complexity index is 530. The van der Waals surface area contributed by atoms with Crippen LogP contribution in [0, 0.1) is 5.92 Å². The van der Waals surface area contributed by atoms with Gasteiger partial charge in [0.25, 0.3) is 0 Å². The van der Waals surface area contributed by atoms with Crippen molar-refractivity contribution in [2.75, 3.05) is 19.7 Å². The standard InChI is InChI=1S/C19H31N3O3/c1-15(17-13-20-9-10-21-17)24-12-6-8-16-7-5-11-22(14-16)18(23)25-19(2,3)4/h9-10,13,15-16H,5-8,11-12,14H2,1-4H3/t15-,16+/m1/s1. The summed E-state index contributed by atoms with van der Waals surface area (Å²) in [6, 6.07) is 0. The fourth-order valence-electron chi connectivity index (χ4n) is 3.03. The number of likely N-dealkylation sites (tertiary alicyclic amines) is 1. The van der Waals surface area contributed by atoms with E-state index in [1.54, 1.807) is 18.6 Å². The maximum Gasteiger partial charge on any atom is 0.410 e. The van der Waals surface area contributed by atoms with Crippen LogP contribution in [0.5, 0.6) is 0 Å². The zero-order valence-electron chi connectivity index (χ0n) is 15.9. The molecule has 1 amide bonds. The maximum atomic E-state index is 12.2. The van der Waals surface area contributed by atoms with Gasteiger partial charge in [0.1, 0.15) is 5.60 Å². The van der Waals surface area contributed by atoms with E-state index >= 15 is 0 Å². The highest BCUT2D eigenvalue weighted by Crippen LogP contribution is 2.23. The van der Waals surface area contributed by atoms with Crippen LogP contribution in [0.4, 0.5) is 4.79 Å². The number of amides is 1. The molecule has 1 fully saturated rings. The molecule has 0 unspecified atom stereocenters. The summed E-state index contributed by atoms with van der Waals surface area (Å²) in [7, 11) is 0. The molecule has 6 nitrogen and oxygen atoms in total. The number of carbonyl (C=O) groups is 1. The molecule has 2 rings (SSSR count). The van der Waals surface area contributed by atoms with Crippen molar-refractivity contribution in [3.63, 3.8) is 0 Å². The van der Waals surface area contributed by atoms with E-state index in [9.17, 15) is 4.79 Å². The molecule has 1 aliphatic heterocycles. The van der Waals surface area contributed by atoms with Crippen molar-refractivity contribution >= 4 is 6.09 Å². The van der Waals surface area contributed by atoms with E-state index in [0.717, 1.165) is 38.0 Å². The van der Waals surface area contributed by atoms with Crippen LogP contribution < -0.4 is 0 Å². The van der Waals surface area contributed by atoms with Crippen molar-refractivity contribution in [2.24, 2.45) is 5.92 Å². The first-order valence-corrected chi connectivity index (χ1v) is 9.20. The Morgan fingerprint density at radius 2 is 2.20 bits per heavy atom. The Morgan fingerprint density at radius 3 is 2.88 bits per heavy atom. The Morgan fingerprint density at radius 1 is 1.40 bits per heavy atom. The number of ether oxygens (including phenoxy) is 2. The van der Waals surface area contributed by atoms with E-state index in [-0.39, 0.29) is 12.2 Å². The van der Waals surface area contributed by atoms with Crippen molar-refractivity contribution in [1.29, 1.82) is 0 Å². The minimum Gasteiger partial charge on any atom is -0.444 e. The smallest absolute Gasteiger partial charge is 0.410 e. The van der Waals surface area contributed by atoms with Gasteiger partial charge in [-0.1, -0.05) is 0 Å². The molecule has 0 aromatic carbocycles. The Hall–Kier alpha value is -1.69. The quantitative estimate of drug-likeness (QED) is 0.727. The third-order valence-corrected chi connectivity index (χ3v) is 4.29. The first kappa shape index (κ1) is 19.6. The number of hydrogen-bond acceptors (Lipinski definition) is 5. The summed E-state index contributed by atoms with van der Waals surface area (Å²) in [5.41, 5.74) is 0.421. The molecule has 0 aliphatic carbocycles. The number of hydrogen-bond donors (Lipinski definition) is 0. The van der Waals surface area contributed by atoms with Gasteiger partial charge in [-0.05, 0) is 59.3 Å². The molecule has 1 aromatic rings. The van der Waals surface area contributed by atoms with E-state index in [1.165, 1.54) is 6.42 Å². The second-order valence-corrected chi connectivity index (χ2v) is 7.72. The molecular formula is C19H31N3O3. The SMILES string of the molecule is C[C@@H](OCCC[C@@H]1CCCN(C(=O)OC(C)(C)C)C1)c1cnccn1. The van der Waals surface area contributed by atoms with E-state index in [1.807, 2.05) is 32.6 Å². The molecule has 0 bridgehead atoms. The zero-order valence-corrected chi connectivity index (χ0v) is 15.9. The summed E-state index contributed by atoms with van der Waals surface area (Å²) in [5, 5.41) is 0. The monoisotopic (exact) mass is 349 g/mol. The predicted molar refractivity (Wildman–Crippen MR) is 96.2 cm³/mol. The summed E-state index contributed by atoms with van der Waals surface area (Å²) in [4.78, 5) is 22.4. The summed E-state index contributed by atoms with van der Waals surface area (Å²) < 4.78 is 11.3. The maximum absolute atomic E-state index is 12.2. The van der Waals surface area contributed by atoms with E-state index in [4.69, 9.17) is 9.47 Å². The summed E-state index contributed by atoms with van der Waals surface area (Å²) >= 11 is 0. The number of piperidine rings is 1. The Balaban J connectivity index is 1.68. The molecule has 1 aromatic heterocycles. The van der Waals surface area contributed by atoms with Gasteiger partial charge in [-0.25, -0.2) is 4.79 Å². The number of aromatic nitrogens is 2. The van der Waals surface area contributed by atoms with Gasteiger partial charge in [0.15, 0.2) is 0 Å². The normalized spacial score (nSPS) is 19.5. The van der Waals surface area contributed by atoms with E-state index in [0.29, 0.717) is 12.5 Å². The topological polar surface area (TPSA) is 64.5 Å². The van der Waals surface area contributed by atoms with Gasteiger partial charge in [-0.3, -0.25) is 9.97 Å². The molecule has 0 spiro atoms. The average Bonchev–Trinajstić information content (AvgIpc) is 2.58. The molecule has 1 saturated heterocycles. The Kier molecular flexibility index (Phi) is 7.17. The van der Waals surface area contributed by atoms with Gasteiger partial charge >= 0.3 is 6.09 Å². The molecule has 25 heavy (non-hydrogen) atoms. The van der Waals surface area contributed by atoms with Crippen LogP contribution in [-0.2, 0) is 9.47 Å². The minimum atomic E-state index is -0.436. The van der Waals surface area contributed by atoms with E-state index < -0.39 is 5.60 Å². The number of rotatable bonds is 6. The van der Waals surface area contributed by atoms with Crippen molar-refractivity contribution in [3.05, 3.63) is 24.3 Å². The highest BCUT2D eigenvalue weighted by molar-refractivity contribution is 5.68. The zero-order chi connectivity index (χ0) is 18.3. The molecule has 2 atom stereocenters. The predicted octanol–water partition coefficient (Wildman–Crippen LogP) is 3.98. The van der Waals surface area contributed by atoms with Crippen molar-refractivity contribution < 1.29 is 14.3 Å². The molecular weight excluding hydrogens is 318 g/mol. The first-order chi connectivity index (χ1) is 11.8. The lowest BCUT2D eigenvalue weighted by atomic mass is 9.94. The van der Waals surface area contributed by atoms with E-state index in [2.05, 4.69) is 9.97 Å². The first-order valence-electron chi connectivity index (χ1n) is 9.20. The van der Waals surface area contributed by atoms with Crippen molar-refractivity contribution in [3.8, 4) is 0 Å². The molecule has 2 heterocycles. The molecule has 0 N–H and O–H groups in total. The number of nitrogens with zero attached hydrogens (tertiary/aromatic N) is 3. The molecule has 1 aliphatic rings. The fraction of sp³-hybridized carbons (Fsp3) is 0.737. The van der Waals surface area contributed by atoms with Crippen LogP contribution in [0.15, 0.2) is 18.6 Å².